The molecule has 0 saturated carbocycles. The molecule has 16 heavy (non-hydrogen) atoms. The molecule has 1 rings (SSSR count). The Morgan fingerprint density at radius 3 is 2.94 bits per heavy atom. The van der Waals surface area contributed by atoms with Gasteiger partial charge in [-0.2, -0.15) is 0 Å². The molecule has 0 aliphatic rings. The van der Waals surface area contributed by atoms with Crippen LogP contribution in [0.25, 0.3) is 0 Å². The molecule has 1 unspecified atom stereocenters. The molecule has 1 heterocycles. The molecule has 90 valence electrons. The largest absolute Gasteiger partial charge is 0.395 e. The van der Waals surface area contributed by atoms with Gasteiger partial charge in [0.15, 0.2) is 0 Å². The van der Waals surface area contributed by atoms with Gasteiger partial charge in [0.1, 0.15) is 11.9 Å². The molecule has 1 aromatic rings. The molecule has 1 amide bonds. The standard InChI is InChI=1S/C10H17N3O3/c1-2-8(15)10(16)13(5-6-14)7-9-11-3-4-12-9/h3-4,8,14-15H,2,5-7H2,1H3,(H,11,12). The molecule has 3 N–H and O–H groups in total. The van der Waals surface area contributed by atoms with Gasteiger partial charge in [-0.25, -0.2) is 4.98 Å². The van der Waals surface area contributed by atoms with E-state index >= 15 is 0 Å². The van der Waals surface area contributed by atoms with Crippen molar-refractivity contribution in [1.29, 1.82) is 0 Å². The predicted molar refractivity (Wildman–Crippen MR) is 57.4 cm³/mol. The Bertz CT molecular complexity index is 313. The normalized spacial score (nSPS) is 12.4. The van der Waals surface area contributed by atoms with Gasteiger partial charge in [-0.3, -0.25) is 4.79 Å². The highest BCUT2D eigenvalue weighted by Gasteiger charge is 2.20. The molecule has 6 heteroatoms. The summed E-state index contributed by atoms with van der Waals surface area (Å²) in [6.07, 6.45) is 2.60. The molecule has 0 aliphatic carbocycles. The molecule has 0 saturated heterocycles. The van der Waals surface area contributed by atoms with Crippen LogP contribution in [0, 0.1) is 0 Å². The van der Waals surface area contributed by atoms with E-state index in [1.54, 1.807) is 19.3 Å². The fraction of sp³-hybridized carbons (Fsp3) is 0.600. The molecule has 0 bridgehead atoms. The number of hydrogen-bond donors (Lipinski definition) is 3. The van der Waals surface area contributed by atoms with E-state index in [2.05, 4.69) is 9.97 Å². The molecule has 6 nitrogen and oxygen atoms in total. The molecular formula is C10H17N3O3. The van der Waals surface area contributed by atoms with E-state index in [1.165, 1.54) is 4.90 Å². The SMILES string of the molecule is CCC(O)C(=O)N(CCO)Cc1ncc[nH]1. The number of nitrogens with one attached hydrogen (secondary N) is 1. The third-order valence-electron chi connectivity index (χ3n) is 2.25. The zero-order chi connectivity index (χ0) is 12.0. The van der Waals surface area contributed by atoms with Crippen LogP contribution >= 0.6 is 0 Å². The van der Waals surface area contributed by atoms with Crippen molar-refractivity contribution in [2.24, 2.45) is 0 Å². The average molecular weight is 227 g/mol. The zero-order valence-electron chi connectivity index (χ0n) is 9.26. The first kappa shape index (κ1) is 12.7. The number of imidazole rings is 1. The van der Waals surface area contributed by atoms with Gasteiger partial charge in [0.2, 0.25) is 0 Å². The van der Waals surface area contributed by atoms with Crippen molar-refractivity contribution in [2.45, 2.75) is 26.0 Å². The lowest BCUT2D eigenvalue weighted by Crippen LogP contribution is -2.40. The minimum absolute atomic E-state index is 0.136. The first-order valence-electron chi connectivity index (χ1n) is 5.25. The lowest BCUT2D eigenvalue weighted by atomic mass is 10.2. The molecule has 0 spiro atoms. The minimum Gasteiger partial charge on any atom is -0.395 e. The summed E-state index contributed by atoms with van der Waals surface area (Å²) in [6, 6.07) is 0. The van der Waals surface area contributed by atoms with Gasteiger partial charge in [0, 0.05) is 18.9 Å². The third-order valence-corrected chi connectivity index (χ3v) is 2.25. The highest BCUT2D eigenvalue weighted by atomic mass is 16.3. The van der Waals surface area contributed by atoms with Gasteiger partial charge >= 0.3 is 0 Å². The maximum Gasteiger partial charge on any atom is 0.251 e. The number of hydrogen-bond acceptors (Lipinski definition) is 4. The number of amides is 1. The summed E-state index contributed by atoms with van der Waals surface area (Å²) in [7, 11) is 0. The van der Waals surface area contributed by atoms with Crippen LogP contribution in [-0.2, 0) is 11.3 Å². The summed E-state index contributed by atoms with van der Waals surface area (Å²) in [6.45, 7) is 2.05. The Morgan fingerprint density at radius 1 is 1.69 bits per heavy atom. The Hall–Kier alpha value is -1.40. The quantitative estimate of drug-likeness (QED) is 0.611. The van der Waals surface area contributed by atoms with E-state index < -0.39 is 6.10 Å². The second-order valence-corrected chi connectivity index (χ2v) is 3.44. The summed E-state index contributed by atoms with van der Waals surface area (Å²) >= 11 is 0. The molecule has 1 atom stereocenters. The zero-order valence-corrected chi connectivity index (χ0v) is 9.26. The number of aliphatic hydroxyl groups excluding tert-OH is 2. The third kappa shape index (κ3) is 3.32. The molecule has 0 fully saturated rings. The smallest absolute Gasteiger partial charge is 0.251 e. The van der Waals surface area contributed by atoms with E-state index in [0.717, 1.165) is 0 Å². The number of nitrogens with zero attached hydrogens (tertiary/aromatic N) is 2. The Morgan fingerprint density at radius 2 is 2.44 bits per heavy atom. The minimum atomic E-state index is -1.01. The van der Waals surface area contributed by atoms with Crippen molar-refractivity contribution >= 4 is 5.91 Å². The van der Waals surface area contributed by atoms with Crippen LogP contribution < -0.4 is 0 Å². The number of carbonyl (C=O) groups is 1. The lowest BCUT2D eigenvalue weighted by Gasteiger charge is -2.22. The second kappa shape index (κ2) is 6.24. The van der Waals surface area contributed by atoms with Crippen molar-refractivity contribution < 1.29 is 15.0 Å². The summed E-state index contributed by atoms with van der Waals surface area (Å²) in [5.74, 6) is 0.248. The van der Waals surface area contributed by atoms with Gasteiger partial charge in [0.25, 0.3) is 5.91 Å². The number of carbonyl (C=O) groups excluding carboxylic acids is 1. The van der Waals surface area contributed by atoms with Crippen LogP contribution in [0.2, 0.25) is 0 Å². The second-order valence-electron chi connectivity index (χ2n) is 3.44. The fourth-order valence-electron chi connectivity index (χ4n) is 1.34. The van der Waals surface area contributed by atoms with Crippen molar-refractivity contribution in [3.63, 3.8) is 0 Å². The average Bonchev–Trinajstić information content (AvgIpc) is 2.79. The Labute approximate surface area is 93.9 Å². The molecular weight excluding hydrogens is 210 g/mol. The van der Waals surface area contributed by atoms with Gasteiger partial charge in [-0.15, -0.1) is 0 Å². The number of aromatic amines is 1. The highest BCUT2D eigenvalue weighted by Crippen LogP contribution is 2.03. The maximum absolute atomic E-state index is 11.7. The first-order chi connectivity index (χ1) is 7.69. The molecule has 0 aliphatic heterocycles. The van der Waals surface area contributed by atoms with Gasteiger partial charge < -0.3 is 20.1 Å². The molecule has 1 aromatic heterocycles. The monoisotopic (exact) mass is 227 g/mol. The summed E-state index contributed by atoms with van der Waals surface area (Å²) < 4.78 is 0. The number of aromatic nitrogens is 2. The Kier molecular flexibility index (Phi) is 4.94. The van der Waals surface area contributed by atoms with Crippen LogP contribution in [0.4, 0.5) is 0 Å². The lowest BCUT2D eigenvalue weighted by molar-refractivity contribution is -0.141. The summed E-state index contributed by atoms with van der Waals surface area (Å²) in [4.78, 5) is 20.0. The first-order valence-corrected chi connectivity index (χ1v) is 5.25. The number of H-pyrrole nitrogens is 1. The van der Waals surface area contributed by atoms with E-state index in [9.17, 15) is 9.90 Å². The van der Waals surface area contributed by atoms with E-state index in [4.69, 9.17) is 5.11 Å². The summed E-state index contributed by atoms with van der Waals surface area (Å²) in [5, 5.41) is 18.3. The van der Waals surface area contributed by atoms with Crippen LogP contribution in [-0.4, -0.2) is 50.2 Å². The molecule has 0 radical (unpaired) electrons. The maximum atomic E-state index is 11.7. The van der Waals surface area contributed by atoms with Crippen molar-refractivity contribution in [1.82, 2.24) is 14.9 Å². The van der Waals surface area contributed by atoms with Crippen LogP contribution in [0.1, 0.15) is 19.2 Å². The van der Waals surface area contributed by atoms with Gasteiger partial charge in [-0.1, -0.05) is 6.92 Å². The highest BCUT2D eigenvalue weighted by molar-refractivity contribution is 5.80. The van der Waals surface area contributed by atoms with Crippen molar-refractivity contribution in [3.8, 4) is 0 Å². The Balaban J connectivity index is 2.63. The van der Waals surface area contributed by atoms with E-state index in [1.807, 2.05) is 0 Å². The van der Waals surface area contributed by atoms with Crippen LogP contribution in [0.3, 0.4) is 0 Å². The van der Waals surface area contributed by atoms with Crippen molar-refractivity contribution in [3.05, 3.63) is 18.2 Å². The van der Waals surface area contributed by atoms with Gasteiger partial charge in [0.05, 0.1) is 13.2 Å². The predicted octanol–water partition coefficient (Wildman–Crippen LogP) is -0.499. The van der Waals surface area contributed by atoms with Crippen LogP contribution in [0.15, 0.2) is 12.4 Å². The topological polar surface area (TPSA) is 89.4 Å². The van der Waals surface area contributed by atoms with E-state index in [-0.39, 0.29) is 25.6 Å². The van der Waals surface area contributed by atoms with Crippen LogP contribution in [0.5, 0.6) is 0 Å². The van der Waals surface area contributed by atoms with Gasteiger partial charge in [-0.05, 0) is 6.42 Å². The van der Waals surface area contributed by atoms with Crippen molar-refractivity contribution in [2.75, 3.05) is 13.2 Å². The molecule has 0 aromatic carbocycles. The number of rotatable bonds is 6. The van der Waals surface area contributed by atoms with E-state index in [0.29, 0.717) is 12.2 Å². The summed E-state index contributed by atoms with van der Waals surface area (Å²) in [5.41, 5.74) is 0. The fourth-order valence-corrected chi connectivity index (χ4v) is 1.34. The number of aliphatic hydroxyl groups is 2.